The number of carbonyl (C=O) groups excluding carboxylic acids is 1. The third kappa shape index (κ3) is 6.37. The van der Waals surface area contributed by atoms with Crippen LogP contribution in [-0.4, -0.2) is 30.4 Å². The van der Waals surface area contributed by atoms with E-state index >= 15 is 0 Å². The van der Waals surface area contributed by atoms with E-state index in [2.05, 4.69) is 32.6 Å². The summed E-state index contributed by atoms with van der Waals surface area (Å²) in [5, 5.41) is 0. The molecule has 2 N–H and O–H groups in total. The van der Waals surface area contributed by atoms with Crippen molar-refractivity contribution in [3.63, 3.8) is 0 Å². The van der Waals surface area contributed by atoms with Gasteiger partial charge in [0.25, 0.3) is 0 Å². The largest absolute Gasteiger partial charge is 0.343 e. The monoisotopic (exact) mass is 296 g/mol. The van der Waals surface area contributed by atoms with Gasteiger partial charge in [0.2, 0.25) is 5.91 Å². The van der Waals surface area contributed by atoms with E-state index in [9.17, 15) is 4.79 Å². The highest BCUT2D eigenvalue weighted by atomic mass is 16.2. The first-order valence-electron chi connectivity index (χ1n) is 8.86. The van der Waals surface area contributed by atoms with Crippen molar-refractivity contribution in [2.45, 2.75) is 72.6 Å². The molecule has 3 nitrogen and oxygen atoms in total. The quantitative estimate of drug-likeness (QED) is 0.776. The van der Waals surface area contributed by atoms with E-state index in [1.54, 1.807) is 0 Å². The molecule has 0 bridgehead atoms. The summed E-state index contributed by atoms with van der Waals surface area (Å²) in [6.45, 7) is 11.8. The molecule has 1 aliphatic heterocycles. The fraction of sp³-hybridized carbons (Fsp3) is 0.944. The second-order valence-electron chi connectivity index (χ2n) is 7.79. The van der Waals surface area contributed by atoms with Crippen LogP contribution in [-0.2, 0) is 4.79 Å². The van der Waals surface area contributed by atoms with Gasteiger partial charge in [-0.25, -0.2) is 0 Å². The van der Waals surface area contributed by atoms with Crippen LogP contribution in [0.1, 0.15) is 72.6 Å². The first kappa shape index (κ1) is 18.5. The summed E-state index contributed by atoms with van der Waals surface area (Å²) in [6.07, 6.45) is 7.51. The van der Waals surface area contributed by atoms with Crippen LogP contribution < -0.4 is 5.73 Å². The standard InChI is InChI=1S/C18H36N2O/c1-5-6-15(9-12-19)7-8-17(21)20-13-10-16(11-14-20)18(2,3)4/h15-16H,5-14,19H2,1-4H3. The fourth-order valence-corrected chi connectivity index (χ4v) is 3.56. The molecule has 0 radical (unpaired) electrons. The number of piperidine rings is 1. The zero-order valence-electron chi connectivity index (χ0n) is 14.7. The lowest BCUT2D eigenvalue weighted by atomic mass is 9.75. The van der Waals surface area contributed by atoms with Crippen molar-refractivity contribution in [3.05, 3.63) is 0 Å². The highest BCUT2D eigenvalue weighted by molar-refractivity contribution is 5.76. The van der Waals surface area contributed by atoms with E-state index in [0.717, 1.165) is 51.2 Å². The van der Waals surface area contributed by atoms with Crippen molar-refractivity contribution in [2.24, 2.45) is 23.0 Å². The number of rotatable bonds is 7. The van der Waals surface area contributed by atoms with E-state index in [0.29, 0.717) is 23.7 Å². The number of carbonyl (C=O) groups is 1. The van der Waals surface area contributed by atoms with Gasteiger partial charge in [0.1, 0.15) is 0 Å². The maximum Gasteiger partial charge on any atom is 0.222 e. The molecule has 1 aliphatic rings. The topological polar surface area (TPSA) is 46.3 Å². The number of amides is 1. The second kappa shape index (κ2) is 8.77. The van der Waals surface area contributed by atoms with Gasteiger partial charge in [-0.1, -0.05) is 40.5 Å². The maximum atomic E-state index is 12.4. The predicted octanol–water partition coefficient (Wildman–Crippen LogP) is 3.82. The molecule has 1 rings (SSSR count). The Bertz CT molecular complexity index is 295. The molecule has 1 heterocycles. The average Bonchev–Trinajstić information content (AvgIpc) is 2.44. The first-order valence-corrected chi connectivity index (χ1v) is 8.86. The minimum atomic E-state index is 0.362. The molecule has 1 atom stereocenters. The summed E-state index contributed by atoms with van der Waals surface area (Å²) in [6, 6.07) is 0. The summed E-state index contributed by atoms with van der Waals surface area (Å²) < 4.78 is 0. The summed E-state index contributed by atoms with van der Waals surface area (Å²) in [7, 11) is 0. The summed E-state index contributed by atoms with van der Waals surface area (Å²) in [4.78, 5) is 14.5. The molecule has 124 valence electrons. The Hall–Kier alpha value is -0.570. The number of likely N-dealkylation sites (tertiary alicyclic amines) is 1. The van der Waals surface area contributed by atoms with Crippen LogP contribution in [0, 0.1) is 17.3 Å². The Morgan fingerprint density at radius 2 is 1.81 bits per heavy atom. The molecule has 0 aromatic rings. The van der Waals surface area contributed by atoms with Crippen molar-refractivity contribution >= 4 is 5.91 Å². The predicted molar refractivity (Wildman–Crippen MR) is 90.1 cm³/mol. The molecule has 0 aliphatic carbocycles. The van der Waals surface area contributed by atoms with Crippen LogP contribution in [0.5, 0.6) is 0 Å². The van der Waals surface area contributed by atoms with Gasteiger partial charge >= 0.3 is 0 Å². The average molecular weight is 296 g/mol. The Morgan fingerprint density at radius 3 is 2.29 bits per heavy atom. The van der Waals surface area contributed by atoms with Gasteiger partial charge in [-0.3, -0.25) is 4.79 Å². The van der Waals surface area contributed by atoms with Crippen LogP contribution in [0.15, 0.2) is 0 Å². The zero-order chi connectivity index (χ0) is 15.9. The van der Waals surface area contributed by atoms with E-state index in [1.165, 1.54) is 12.8 Å². The van der Waals surface area contributed by atoms with Gasteiger partial charge < -0.3 is 10.6 Å². The molecule has 0 saturated carbocycles. The molecule has 21 heavy (non-hydrogen) atoms. The van der Waals surface area contributed by atoms with Gasteiger partial charge in [0.15, 0.2) is 0 Å². The number of hydrogen-bond donors (Lipinski definition) is 1. The molecule has 3 heteroatoms. The van der Waals surface area contributed by atoms with Gasteiger partial charge in [0, 0.05) is 19.5 Å². The van der Waals surface area contributed by atoms with E-state index in [1.807, 2.05) is 0 Å². The third-order valence-corrected chi connectivity index (χ3v) is 5.11. The molecule has 1 unspecified atom stereocenters. The van der Waals surface area contributed by atoms with E-state index < -0.39 is 0 Å². The van der Waals surface area contributed by atoms with Crippen molar-refractivity contribution in [1.29, 1.82) is 0 Å². The Kier molecular flexibility index (Phi) is 7.72. The molecule has 0 aromatic carbocycles. The van der Waals surface area contributed by atoms with Crippen molar-refractivity contribution in [2.75, 3.05) is 19.6 Å². The normalized spacial score (nSPS) is 18.8. The maximum absolute atomic E-state index is 12.4. The zero-order valence-corrected chi connectivity index (χ0v) is 14.7. The van der Waals surface area contributed by atoms with Crippen LogP contribution in [0.3, 0.4) is 0 Å². The van der Waals surface area contributed by atoms with E-state index in [-0.39, 0.29) is 0 Å². The van der Waals surface area contributed by atoms with Gasteiger partial charge in [-0.05, 0) is 49.5 Å². The number of nitrogens with zero attached hydrogens (tertiary/aromatic N) is 1. The molecule has 1 fully saturated rings. The van der Waals surface area contributed by atoms with Crippen LogP contribution in [0.25, 0.3) is 0 Å². The Labute approximate surface area is 131 Å². The van der Waals surface area contributed by atoms with Crippen LogP contribution in [0.4, 0.5) is 0 Å². The molecular weight excluding hydrogens is 260 g/mol. The Balaban J connectivity index is 2.33. The van der Waals surface area contributed by atoms with Crippen LogP contribution in [0.2, 0.25) is 0 Å². The summed E-state index contributed by atoms with van der Waals surface area (Å²) in [5.41, 5.74) is 6.05. The lowest BCUT2D eigenvalue weighted by molar-refractivity contribution is -0.133. The smallest absolute Gasteiger partial charge is 0.222 e. The van der Waals surface area contributed by atoms with Crippen LogP contribution >= 0.6 is 0 Å². The molecule has 1 amide bonds. The highest BCUT2D eigenvalue weighted by Gasteiger charge is 2.30. The van der Waals surface area contributed by atoms with Crippen molar-refractivity contribution in [1.82, 2.24) is 4.90 Å². The van der Waals surface area contributed by atoms with Crippen molar-refractivity contribution < 1.29 is 4.79 Å². The number of nitrogens with two attached hydrogens (primary N) is 1. The lowest BCUT2D eigenvalue weighted by Gasteiger charge is -2.39. The second-order valence-corrected chi connectivity index (χ2v) is 7.79. The lowest BCUT2D eigenvalue weighted by Crippen LogP contribution is -2.41. The SMILES string of the molecule is CCCC(CCN)CCC(=O)N1CCC(C(C)(C)C)CC1. The molecule has 0 aromatic heterocycles. The molecule has 0 spiro atoms. The minimum Gasteiger partial charge on any atom is -0.343 e. The van der Waals surface area contributed by atoms with Gasteiger partial charge in [0.05, 0.1) is 0 Å². The molecule has 1 saturated heterocycles. The number of hydrogen-bond acceptors (Lipinski definition) is 2. The van der Waals surface area contributed by atoms with Gasteiger partial charge in [-0.2, -0.15) is 0 Å². The summed E-state index contributed by atoms with van der Waals surface area (Å²) in [5.74, 6) is 1.75. The third-order valence-electron chi connectivity index (χ3n) is 5.11. The molecular formula is C18H36N2O. The van der Waals surface area contributed by atoms with Gasteiger partial charge in [-0.15, -0.1) is 0 Å². The first-order chi connectivity index (χ1) is 9.88. The fourth-order valence-electron chi connectivity index (χ4n) is 3.56. The highest BCUT2D eigenvalue weighted by Crippen LogP contribution is 2.34. The Morgan fingerprint density at radius 1 is 1.19 bits per heavy atom. The van der Waals surface area contributed by atoms with Crippen molar-refractivity contribution in [3.8, 4) is 0 Å². The summed E-state index contributed by atoms with van der Waals surface area (Å²) >= 11 is 0. The minimum absolute atomic E-state index is 0.362. The van der Waals surface area contributed by atoms with E-state index in [4.69, 9.17) is 5.73 Å².